The predicted molar refractivity (Wildman–Crippen MR) is 136 cm³/mol. The van der Waals surface area contributed by atoms with E-state index in [-0.39, 0.29) is 24.0 Å². The molecule has 2 N–H and O–H groups in total. The monoisotopic (exact) mass is 529 g/mol. The number of para-hydroxylation sites is 3. The third-order valence-electron chi connectivity index (χ3n) is 5.19. The zero-order chi connectivity index (χ0) is 21.1. The summed E-state index contributed by atoms with van der Waals surface area (Å²) in [5.74, 6) is 1.69. The second-order valence-corrected chi connectivity index (χ2v) is 7.32. The molecule has 4 aromatic rings. The van der Waals surface area contributed by atoms with E-state index in [2.05, 4.69) is 56.5 Å². The van der Waals surface area contributed by atoms with Crippen LogP contribution in [0, 0.1) is 13.8 Å². The van der Waals surface area contributed by atoms with Gasteiger partial charge in [-0.05, 0) is 43.7 Å². The molecule has 0 radical (unpaired) electrons. The maximum atomic E-state index is 4.71. The predicted octanol–water partition coefficient (Wildman–Crippen LogP) is 3.86. The topological polar surface area (TPSA) is 72.1 Å². The van der Waals surface area contributed by atoms with E-state index in [4.69, 9.17) is 4.98 Å². The molecule has 0 amide bonds. The van der Waals surface area contributed by atoms with Gasteiger partial charge < -0.3 is 15.2 Å². The van der Waals surface area contributed by atoms with Crippen molar-refractivity contribution in [3.63, 3.8) is 0 Å². The molecular weight excluding hydrogens is 501 g/mol. The van der Waals surface area contributed by atoms with E-state index in [1.165, 1.54) is 0 Å². The van der Waals surface area contributed by atoms with Crippen LogP contribution >= 0.6 is 24.0 Å². The first-order valence-electron chi connectivity index (χ1n) is 10.0. The molecule has 0 aliphatic rings. The van der Waals surface area contributed by atoms with Gasteiger partial charge in [0.15, 0.2) is 5.96 Å². The zero-order valence-electron chi connectivity index (χ0n) is 18.3. The maximum absolute atomic E-state index is 4.71. The Morgan fingerprint density at radius 1 is 1.00 bits per heavy atom. The Morgan fingerprint density at radius 2 is 1.71 bits per heavy atom. The van der Waals surface area contributed by atoms with Gasteiger partial charge in [-0.2, -0.15) is 5.10 Å². The number of halogens is 1. The largest absolute Gasteiger partial charge is 0.352 e. The van der Waals surface area contributed by atoms with Crippen molar-refractivity contribution >= 4 is 41.0 Å². The first kappa shape index (κ1) is 22.8. The van der Waals surface area contributed by atoms with Crippen LogP contribution in [0.2, 0.25) is 0 Å². The zero-order valence-corrected chi connectivity index (χ0v) is 20.6. The SMILES string of the molecule is CN=C(NCc1ccccc1-n1nc(C)cc1C)NCc1nc2ccccc2n1C.I. The third kappa shape index (κ3) is 4.90. The molecule has 0 aliphatic carbocycles. The highest BCUT2D eigenvalue weighted by Crippen LogP contribution is 2.17. The Bertz CT molecular complexity index is 1210. The molecule has 0 bridgehead atoms. The van der Waals surface area contributed by atoms with Crippen molar-refractivity contribution in [2.75, 3.05) is 7.05 Å². The number of fused-ring (bicyclic) bond motifs is 1. The summed E-state index contributed by atoms with van der Waals surface area (Å²) in [6.45, 7) is 5.30. The standard InChI is InChI=1S/C23H27N7.HI/c1-16-13-17(2)30(28-16)20-11-7-5-9-18(20)14-25-23(24-3)26-15-22-27-19-10-6-8-12-21(19)29(22)4;/h5-13H,14-15H2,1-4H3,(H2,24,25,26);1H. The lowest BCUT2D eigenvalue weighted by atomic mass is 10.1. The molecule has 0 atom stereocenters. The van der Waals surface area contributed by atoms with Gasteiger partial charge in [0.05, 0.1) is 29.0 Å². The maximum Gasteiger partial charge on any atom is 0.191 e. The van der Waals surface area contributed by atoms with E-state index in [1.807, 2.05) is 49.0 Å². The third-order valence-corrected chi connectivity index (χ3v) is 5.19. The van der Waals surface area contributed by atoms with Crippen molar-refractivity contribution in [3.8, 4) is 5.69 Å². The minimum atomic E-state index is 0. The molecular formula is C23H28IN7. The van der Waals surface area contributed by atoms with Crippen LogP contribution in [0.25, 0.3) is 16.7 Å². The van der Waals surface area contributed by atoms with Gasteiger partial charge in [0.25, 0.3) is 0 Å². The number of imidazole rings is 1. The summed E-state index contributed by atoms with van der Waals surface area (Å²) in [4.78, 5) is 9.07. The van der Waals surface area contributed by atoms with Crippen LogP contribution in [-0.2, 0) is 20.1 Å². The van der Waals surface area contributed by atoms with Crippen molar-refractivity contribution in [3.05, 3.63) is 77.4 Å². The fraction of sp³-hybridized carbons (Fsp3) is 0.261. The molecule has 0 fully saturated rings. The van der Waals surface area contributed by atoms with Crippen LogP contribution < -0.4 is 10.6 Å². The van der Waals surface area contributed by atoms with Crippen LogP contribution in [-0.4, -0.2) is 32.3 Å². The number of aromatic nitrogens is 4. The van der Waals surface area contributed by atoms with E-state index in [1.54, 1.807) is 7.05 Å². The molecule has 162 valence electrons. The minimum absolute atomic E-state index is 0. The molecule has 2 aromatic heterocycles. The summed E-state index contributed by atoms with van der Waals surface area (Å²) in [7, 11) is 3.81. The second kappa shape index (κ2) is 9.95. The van der Waals surface area contributed by atoms with E-state index in [0.717, 1.165) is 45.5 Å². The number of nitrogens with zero attached hydrogens (tertiary/aromatic N) is 5. The van der Waals surface area contributed by atoms with Gasteiger partial charge in [-0.1, -0.05) is 30.3 Å². The summed E-state index contributed by atoms with van der Waals surface area (Å²) in [5.41, 5.74) is 6.46. The molecule has 0 unspecified atom stereocenters. The molecule has 2 aromatic carbocycles. The second-order valence-electron chi connectivity index (χ2n) is 7.32. The number of aliphatic imine (C=N–C) groups is 1. The first-order chi connectivity index (χ1) is 14.6. The average Bonchev–Trinajstić information content (AvgIpc) is 3.26. The highest BCUT2D eigenvalue weighted by Gasteiger charge is 2.10. The van der Waals surface area contributed by atoms with E-state index < -0.39 is 0 Å². The molecule has 0 aliphatic heterocycles. The lowest BCUT2D eigenvalue weighted by molar-refractivity contribution is 0.733. The van der Waals surface area contributed by atoms with Gasteiger partial charge >= 0.3 is 0 Å². The van der Waals surface area contributed by atoms with Crippen molar-refractivity contribution in [1.29, 1.82) is 0 Å². The average molecular weight is 529 g/mol. The fourth-order valence-corrected chi connectivity index (χ4v) is 3.66. The normalized spacial score (nSPS) is 11.4. The Labute approximate surface area is 199 Å². The highest BCUT2D eigenvalue weighted by atomic mass is 127. The molecule has 0 saturated carbocycles. The van der Waals surface area contributed by atoms with Crippen LogP contribution in [0.1, 0.15) is 22.8 Å². The molecule has 0 spiro atoms. The molecule has 7 nitrogen and oxygen atoms in total. The number of aryl methyl sites for hydroxylation is 3. The Morgan fingerprint density at radius 3 is 2.42 bits per heavy atom. The number of hydrogen-bond acceptors (Lipinski definition) is 3. The Kier molecular flexibility index (Phi) is 7.32. The molecule has 8 heteroatoms. The van der Waals surface area contributed by atoms with E-state index >= 15 is 0 Å². The van der Waals surface area contributed by atoms with Gasteiger partial charge in [0.1, 0.15) is 5.82 Å². The van der Waals surface area contributed by atoms with Gasteiger partial charge in [-0.15, -0.1) is 24.0 Å². The first-order valence-corrected chi connectivity index (χ1v) is 10.0. The summed E-state index contributed by atoms with van der Waals surface area (Å²) in [5, 5.41) is 11.4. The minimum Gasteiger partial charge on any atom is -0.352 e. The molecule has 0 saturated heterocycles. The lowest BCUT2D eigenvalue weighted by Crippen LogP contribution is -2.37. The lowest BCUT2D eigenvalue weighted by Gasteiger charge is -2.15. The smallest absolute Gasteiger partial charge is 0.191 e. The van der Waals surface area contributed by atoms with E-state index in [0.29, 0.717) is 13.1 Å². The number of nitrogens with one attached hydrogen (secondary N) is 2. The summed E-state index contributed by atoms with van der Waals surface area (Å²) in [6, 6.07) is 18.5. The van der Waals surface area contributed by atoms with E-state index in [9.17, 15) is 0 Å². The Balaban J connectivity index is 0.00000272. The number of guanidine groups is 1. The van der Waals surface area contributed by atoms with Crippen LogP contribution in [0.3, 0.4) is 0 Å². The summed E-state index contributed by atoms with van der Waals surface area (Å²) in [6.07, 6.45) is 0. The Hall–Kier alpha value is -2.88. The van der Waals surface area contributed by atoms with Gasteiger partial charge in [-0.25, -0.2) is 9.67 Å². The highest BCUT2D eigenvalue weighted by molar-refractivity contribution is 14.0. The number of rotatable bonds is 5. The van der Waals surface area contributed by atoms with Crippen molar-refractivity contribution in [2.24, 2.45) is 12.0 Å². The van der Waals surface area contributed by atoms with Gasteiger partial charge in [-0.3, -0.25) is 4.99 Å². The fourth-order valence-electron chi connectivity index (χ4n) is 3.66. The van der Waals surface area contributed by atoms with Gasteiger partial charge in [0.2, 0.25) is 0 Å². The van der Waals surface area contributed by atoms with Crippen LogP contribution in [0.15, 0.2) is 59.6 Å². The summed E-state index contributed by atoms with van der Waals surface area (Å²) < 4.78 is 4.09. The number of benzene rings is 2. The van der Waals surface area contributed by atoms with Crippen LogP contribution in [0.5, 0.6) is 0 Å². The van der Waals surface area contributed by atoms with Crippen molar-refractivity contribution in [2.45, 2.75) is 26.9 Å². The van der Waals surface area contributed by atoms with Crippen LogP contribution in [0.4, 0.5) is 0 Å². The van der Waals surface area contributed by atoms with Crippen molar-refractivity contribution in [1.82, 2.24) is 30.0 Å². The molecule has 4 rings (SSSR count). The molecule has 2 heterocycles. The van der Waals surface area contributed by atoms with Crippen molar-refractivity contribution < 1.29 is 0 Å². The quantitative estimate of drug-likeness (QED) is 0.234. The number of hydrogen-bond donors (Lipinski definition) is 2. The van der Waals surface area contributed by atoms with Gasteiger partial charge in [0, 0.05) is 26.3 Å². The summed E-state index contributed by atoms with van der Waals surface area (Å²) >= 11 is 0. The molecule has 31 heavy (non-hydrogen) atoms.